The number of hydrogen-bond acceptors (Lipinski definition) is 3. The number of aryl methyl sites for hydroxylation is 1. The molecule has 0 saturated heterocycles. The lowest BCUT2D eigenvalue weighted by atomic mass is 10.0. The summed E-state index contributed by atoms with van der Waals surface area (Å²) in [7, 11) is 1.80. The third-order valence-corrected chi connectivity index (χ3v) is 3.85. The van der Waals surface area contributed by atoms with Crippen LogP contribution in [-0.2, 0) is 0 Å². The lowest BCUT2D eigenvalue weighted by Gasteiger charge is -2.18. The highest BCUT2D eigenvalue weighted by Gasteiger charge is 2.19. The van der Waals surface area contributed by atoms with Crippen molar-refractivity contribution in [1.29, 1.82) is 0 Å². The van der Waals surface area contributed by atoms with Crippen LogP contribution in [0.4, 0.5) is 8.78 Å². The summed E-state index contributed by atoms with van der Waals surface area (Å²) in [4.78, 5) is 2.26. The van der Waals surface area contributed by atoms with E-state index in [4.69, 9.17) is 0 Å². The first-order valence-corrected chi connectivity index (χ1v) is 6.71. The molecule has 0 fully saturated rings. The predicted octanol–water partition coefficient (Wildman–Crippen LogP) is 3.97. The molecular weight excluding hydrogens is 268 g/mol. The minimum atomic E-state index is -2.82. The molecule has 1 unspecified atom stereocenters. The summed E-state index contributed by atoms with van der Waals surface area (Å²) in [5, 5.41) is 3.15. The molecule has 19 heavy (non-hydrogen) atoms. The van der Waals surface area contributed by atoms with Gasteiger partial charge in [-0.2, -0.15) is 8.78 Å². The van der Waals surface area contributed by atoms with Gasteiger partial charge in [0.25, 0.3) is 0 Å². The minimum Gasteiger partial charge on any atom is -0.434 e. The van der Waals surface area contributed by atoms with Crippen LogP contribution in [0.2, 0.25) is 0 Å². The molecule has 5 heteroatoms. The van der Waals surface area contributed by atoms with E-state index in [9.17, 15) is 8.78 Å². The summed E-state index contributed by atoms with van der Waals surface area (Å²) >= 11 is 1.64. The van der Waals surface area contributed by atoms with Crippen molar-refractivity contribution in [3.63, 3.8) is 0 Å². The Morgan fingerprint density at radius 2 is 1.89 bits per heavy atom. The fourth-order valence-corrected chi connectivity index (χ4v) is 2.99. The molecule has 0 bridgehead atoms. The van der Waals surface area contributed by atoms with E-state index in [1.165, 1.54) is 4.88 Å². The largest absolute Gasteiger partial charge is 0.434 e. The monoisotopic (exact) mass is 283 g/mol. The summed E-state index contributed by atoms with van der Waals surface area (Å²) < 4.78 is 29.5. The van der Waals surface area contributed by atoms with Gasteiger partial charge in [0.05, 0.1) is 6.04 Å². The van der Waals surface area contributed by atoms with E-state index in [0.29, 0.717) is 5.56 Å². The summed E-state index contributed by atoms with van der Waals surface area (Å²) in [6.45, 7) is -0.800. The first-order valence-electron chi connectivity index (χ1n) is 5.89. The molecule has 1 aromatic heterocycles. The zero-order valence-electron chi connectivity index (χ0n) is 10.7. The lowest BCUT2D eigenvalue weighted by Crippen LogP contribution is -2.18. The van der Waals surface area contributed by atoms with Crippen LogP contribution < -0.4 is 10.1 Å². The van der Waals surface area contributed by atoms with Gasteiger partial charge in [-0.15, -0.1) is 11.3 Å². The molecule has 2 nitrogen and oxygen atoms in total. The third kappa shape index (κ3) is 3.30. The Labute approximate surface area is 115 Å². The molecule has 0 radical (unpaired) electrons. The van der Waals surface area contributed by atoms with Crippen LogP contribution in [0, 0.1) is 6.92 Å². The minimum absolute atomic E-state index is 0.145. The fourth-order valence-electron chi connectivity index (χ4n) is 1.98. The Kier molecular flexibility index (Phi) is 4.50. The summed E-state index contributed by atoms with van der Waals surface area (Å²) in [5.74, 6) is 0.211. The Balaban J connectivity index is 2.38. The van der Waals surface area contributed by atoms with Crippen LogP contribution in [0.5, 0.6) is 5.75 Å². The van der Waals surface area contributed by atoms with Crippen LogP contribution in [0.3, 0.4) is 0 Å². The Bertz CT molecular complexity index is 542. The number of hydrogen-bond donors (Lipinski definition) is 1. The lowest BCUT2D eigenvalue weighted by molar-refractivity contribution is -0.0506. The van der Waals surface area contributed by atoms with Crippen LogP contribution in [-0.4, -0.2) is 13.7 Å². The SMILES string of the molecule is CNC(c1ccc(C)s1)c1ccccc1OC(F)F. The first-order chi connectivity index (χ1) is 9.11. The molecule has 0 saturated carbocycles. The number of ether oxygens (including phenoxy) is 1. The van der Waals surface area contributed by atoms with Gasteiger partial charge in [0, 0.05) is 15.3 Å². The van der Waals surface area contributed by atoms with Gasteiger partial charge in [0.2, 0.25) is 0 Å². The van der Waals surface area contributed by atoms with Crippen molar-refractivity contribution in [2.45, 2.75) is 19.6 Å². The van der Waals surface area contributed by atoms with Gasteiger partial charge in [-0.25, -0.2) is 0 Å². The number of halogens is 2. The van der Waals surface area contributed by atoms with Crippen LogP contribution in [0.1, 0.15) is 21.4 Å². The summed E-state index contributed by atoms with van der Waals surface area (Å²) in [5.41, 5.74) is 0.715. The Morgan fingerprint density at radius 3 is 2.47 bits per heavy atom. The quantitative estimate of drug-likeness (QED) is 0.896. The van der Waals surface area contributed by atoms with E-state index in [1.54, 1.807) is 36.6 Å². The van der Waals surface area contributed by atoms with E-state index in [-0.39, 0.29) is 11.8 Å². The van der Waals surface area contributed by atoms with E-state index in [0.717, 1.165) is 4.88 Å². The number of benzene rings is 1. The van der Waals surface area contributed by atoms with Gasteiger partial charge in [-0.1, -0.05) is 18.2 Å². The second kappa shape index (κ2) is 6.12. The summed E-state index contributed by atoms with van der Waals surface area (Å²) in [6.07, 6.45) is 0. The smallest absolute Gasteiger partial charge is 0.387 e. The zero-order chi connectivity index (χ0) is 13.8. The number of nitrogens with one attached hydrogen (secondary N) is 1. The van der Waals surface area contributed by atoms with Crippen molar-refractivity contribution in [3.05, 3.63) is 51.7 Å². The maximum Gasteiger partial charge on any atom is 0.387 e. The van der Waals surface area contributed by atoms with Gasteiger partial charge >= 0.3 is 6.61 Å². The highest BCUT2D eigenvalue weighted by Crippen LogP contribution is 2.33. The number of thiophene rings is 1. The Morgan fingerprint density at radius 1 is 1.16 bits per heavy atom. The van der Waals surface area contributed by atoms with Crippen molar-refractivity contribution in [2.75, 3.05) is 7.05 Å². The molecule has 0 aliphatic heterocycles. The number of rotatable bonds is 5. The van der Waals surface area contributed by atoms with Gasteiger partial charge in [0.15, 0.2) is 0 Å². The molecule has 2 aromatic rings. The van der Waals surface area contributed by atoms with Crippen molar-refractivity contribution < 1.29 is 13.5 Å². The van der Waals surface area contributed by atoms with Crippen molar-refractivity contribution in [3.8, 4) is 5.75 Å². The van der Waals surface area contributed by atoms with Crippen molar-refractivity contribution in [1.82, 2.24) is 5.32 Å². The molecule has 1 aromatic carbocycles. The Hall–Kier alpha value is -1.46. The molecule has 102 valence electrons. The average Bonchev–Trinajstić information content (AvgIpc) is 2.78. The standard InChI is InChI=1S/C14H15F2NOS/c1-9-7-8-12(19-9)13(17-2)10-5-3-4-6-11(10)18-14(15)16/h3-8,13-14,17H,1-2H3. The topological polar surface area (TPSA) is 21.3 Å². The molecule has 0 spiro atoms. The average molecular weight is 283 g/mol. The third-order valence-electron chi connectivity index (χ3n) is 2.78. The summed E-state index contributed by atoms with van der Waals surface area (Å²) in [6, 6.07) is 10.7. The maximum atomic E-state index is 12.4. The molecule has 2 rings (SSSR count). The first kappa shape index (κ1) is 14.0. The molecular formula is C14H15F2NOS. The van der Waals surface area contributed by atoms with Crippen LogP contribution in [0.25, 0.3) is 0 Å². The van der Waals surface area contributed by atoms with Gasteiger partial charge in [-0.3, -0.25) is 0 Å². The van der Waals surface area contributed by atoms with Crippen molar-refractivity contribution in [2.24, 2.45) is 0 Å². The second-order valence-corrected chi connectivity index (χ2v) is 5.41. The number of alkyl halides is 2. The fraction of sp³-hybridized carbons (Fsp3) is 0.286. The van der Waals surface area contributed by atoms with Crippen LogP contribution >= 0.6 is 11.3 Å². The molecule has 1 N–H and O–H groups in total. The number of para-hydroxylation sites is 1. The van der Waals surface area contributed by atoms with Gasteiger partial charge < -0.3 is 10.1 Å². The predicted molar refractivity (Wildman–Crippen MR) is 73.0 cm³/mol. The van der Waals surface area contributed by atoms with E-state index >= 15 is 0 Å². The van der Waals surface area contributed by atoms with Crippen molar-refractivity contribution >= 4 is 11.3 Å². The van der Waals surface area contributed by atoms with Crippen LogP contribution in [0.15, 0.2) is 36.4 Å². The zero-order valence-corrected chi connectivity index (χ0v) is 11.5. The highest BCUT2D eigenvalue weighted by atomic mass is 32.1. The highest BCUT2D eigenvalue weighted by molar-refractivity contribution is 7.12. The van der Waals surface area contributed by atoms with E-state index in [2.05, 4.69) is 10.1 Å². The van der Waals surface area contributed by atoms with Gasteiger partial charge in [-0.05, 0) is 32.2 Å². The molecule has 1 atom stereocenters. The molecule has 1 heterocycles. The molecule has 0 aliphatic carbocycles. The van der Waals surface area contributed by atoms with Gasteiger partial charge in [0.1, 0.15) is 5.75 Å². The second-order valence-electron chi connectivity index (χ2n) is 4.09. The van der Waals surface area contributed by atoms with E-state index in [1.807, 2.05) is 25.1 Å². The maximum absolute atomic E-state index is 12.4. The normalized spacial score (nSPS) is 12.7. The molecule has 0 amide bonds. The van der Waals surface area contributed by atoms with E-state index < -0.39 is 6.61 Å². The molecule has 0 aliphatic rings.